The summed E-state index contributed by atoms with van der Waals surface area (Å²) < 4.78 is 21.4. The van der Waals surface area contributed by atoms with Gasteiger partial charge >= 0.3 is 15.2 Å². The Morgan fingerprint density at radius 2 is 0.531 bits per heavy atom. The molecule has 0 aliphatic rings. The molecule has 0 spiro atoms. The van der Waals surface area contributed by atoms with Crippen LogP contribution in [0, 0.1) is 0 Å². The summed E-state index contributed by atoms with van der Waals surface area (Å²) in [5.41, 5.74) is -1.88. The lowest BCUT2D eigenvalue weighted by molar-refractivity contribution is -0.114. The van der Waals surface area contributed by atoms with Gasteiger partial charge in [-0.15, -0.1) is 0 Å². The molecule has 0 aromatic heterocycles. The molecule has 0 amide bonds. The van der Waals surface area contributed by atoms with Crippen LogP contribution in [0.3, 0.4) is 0 Å². The molecule has 190 valence electrons. The average Bonchev–Trinajstić information content (AvgIpc) is 2.70. The molecule has 0 aliphatic carbocycles. The van der Waals surface area contributed by atoms with Crippen molar-refractivity contribution in [2.75, 3.05) is 0 Å². The van der Waals surface area contributed by atoms with Crippen molar-refractivity contribution in [2.45, 2.75) is 128 Å². The van der Waals surface area contributed by atoms with Crippen molar-refractivity contribution >= 4 is 26.2 Å². The molecule has 0 saturated carbocycles. The topological polar surface area (TPSA) is 149 Å². The van der Waals surface area contributed by atoms with Crippen LogP contribution in [0.2, 0.25) is 0 Å². The zero-order chi connectivity index (χ0) is 24.3. The van der Waals surface area contributed by atoms with Gasteiger partial charge in [-0.3, -0.25) is 18.7 Å². The maximum absolute atomic E-state index is 11.1. The fourth-order valence-electron chi connectivity index (χ4n) is 3.67. The number of unbranched alkanes of at least 4 members (excludes halogenated alkanes) is 17. The second kappa shape index (κ2) is 19.0. The summed E-state index contributed by atoms with van der Waals surface area (Å²) in [5, 5.41) is 0. The maximum Gasteiger partial charge on any atom is 0.391 e. The van der Waals surface area contributed by atoms with E-state index in [4.69, 9.17) is 19.6 Å². The highest BCUT2D eigenvalue weighted by molar-refractivity contribution is 7.70. The van der Waals surface area contributed by atoms with E-state index in [9.17, 15) is 18.7 Å². The van der Waals surface area contributed by atoms with Crippen molar-refractivity contribution in [3.05, 3.63) is 0 Å². The summed E-state index contributed by atoms with van der Waals surface area (Å²) in [6, 6.07) is 0. The van der Waals surface area contributed by atoms with Gasteiger partial charge in [-0.2, -0.15) is 0 Å². The Kier molecular flexibility index (Phi) is 18.8. The molecule has 0 unspecified atom stereocenters. The van der Waals surface area contributed by atoms with E-state index in [0.29, 0.717) is 12.8 Å². The molecule has 0 aliphatic heterocycles. The minimum Gasteiger partial charge on any atom is -0.319 e. The minimum absolute atomic E-state index is 0.0196. The van der Waals surface area contributed by atoms with Crippen LogP contribution in [0.4, 0.5) is 0 Å². The van der Waals surface area contributed by atoms with Gasteiger partial charge in [0.25, 0.3) is 0 Å². The Balaban J connectivity index is 3.21. The Bertz CT molecular complexity index is 545. The van der Waals surface area contributed by atoms with E-state index in [1.165, 1.54) is 64.2 Å². The highest BCUT2D eigenvalue weighted by atomic mass is 31.2. The third kappa shape index (κ3) is 20.3. The standard InChI is InChI=1S/C22H44O8P2/c23-21(31(25,26)27)19-17-15-13-11-9-7-5-3-1-2-4-6-8-10-12-14-16-18-20-22(24)32(28,29)30/h1-20H2,(H2,25,26,27)(H2,28,29,30). The van der Waals surface area contributed by atoms with E-state index < -0.39 is 26.2 Å². The van der Waals surface area contributed by atoms with Crippen molar-refractivity contribution in [1.82, 2.24) is 0 Å². The summed E-state index contributed by atoms with van der Waals surface area (Å²) in [6.07, 6.45) is 19.4. The van der Waals surface area contributed by atoms with Gasteiger partial charge in [-0.1, -0.05) is 103 Å². The Morgan fingerprint density at radius 3 is 0.688 bits per heavy atom. The molecule has 0 saturated heterocycles. The molecular formula is C22H44O8P2. The summed E-state index contributed by atoms with van der Waals surface area (Å²) in [4.78, 5) is 57.0. The Morgan fingerprint density at radius 1 is 0.375 bits per heavy atom. The fraction of sp³-hybridized carbons (Fsp3) is 0.909. The summed E-state index contributed by atoms with van der Waals surface area (Å²) in [5.74, 6) is 0. The van der Waals surface area contributed by atoms with E-state index >= 15 is 0 Å². The zero-order valence-electron chi connectivity index (χ0n) is 19.5. The van der Waals surface area contributed by atoms with Crippen LogP contribution in [0.25, 0.3) is 0 Å². The summed E-state index contributed by atoms with van der Waals surface area (Å²) in [7, 11) is -9.05. The van der Waals surface area contributed by atoms with E-state index in [0.717, 1.165) is 38.5 Å². The molecule has 0 atom stereocenters. The van der Waals surface area contributed by atoms with Crippen molar-refractivity contribution in [3.8, 4) is 0 Å². The van der Waals surface area contributed by atoms with Crippen molar-refractivity contribution in [3.63, 3.8) is 0 Å². The van der Waals surface area contributed by atoms with Gasteiger partial charge in [0.2, 0.25) is 11.0 Å². The van der Waals surface area contributed by atoms with Gasteiger partial charge in [0.15, 0.2) is 0 Å². The quantitative estimate of drug-likeness (QED) is 0.0961. The predicted molar refractivity (Wildman–Crippen MR) is 126 cm³/mol. The first-order valence-electron chi connectivity index (χ1n) is 12.2. The van der Waals surface area contributed by atoms with E-state index in [1.807, 2.05) is 0 Å². The molecule has 4 N–H and O–H groups in total. The lowest BCUT2D eigenvalue weighted by atomic mass is 10.0. The molecule has 0 bridgehead atoms. The van der Waals surface area contributed by atoms with Gasteiger partial charge in [-0.25, -0.2) is 0 Å². The molecular weight excluding hydrogens is 454 g/mol. The van der Waals surface area contributed by atoms with Crippen molar-refractivity contribution in [2.24, 2.45) is 0 Å². The first-order chi connectivity index (χ1) is 15.0. The SMILES string of the molecule is O=C(CCCCCCCCCCCCCCCCCCCCC(=O)P(=O)(O)O)P(=O)(O)O. The molecule has 0 radical (unpaired) electrons. The normalized spacial score (nSPS) is 12.2. The van der Waals surface area contributed by atoms with E-state index in [-0.39, 0.29) is 12.8 Å². The zero-order valence-corrected chi connectivity index (χ0v) is 21.2. The summed E-state index contributed by atoms with van der Waals surface area (Å²) >= 11 is 0. The maximum atomic E-state index is 11.1. The van der Waals surface area contributed by atoms with Crippen LogP contribution < -0.4 is 0 Å². The molecule has 8 nitrogen and oxygen atoms in total. The van der Waals surface area contributed by atoms with Gasteiger partial charge in [0, 0.05) is 12.8 Å². The number of hydrogen-bond donors (Lipinski definition) is 4. The first-order valence-corrected chi connectivity index (χ1v) is 15.5. The number of rotatable bonds is 23. The fourth-order valence-corrected chi connectivity index (χ4v) is 4.57. The summed E-state index contributed by atoms with van der Waals surface area (Å²) in [6.45, 7) is 0. The van der Waals surface area contributed by atoms with E-state index in [1.54, 1.807) is 0 Å². The van der Waals surface area contributed by atoms with Gasteiger partial charge < -0.3 is 19.6 Å². The molecule has 0 aromatic rings. The highest BCUT2D eigenvalue weighted by Crippen LogP contribution is 2.38. The monoisotopic (exact) mass is 498 g/mol. The average molecular weight is 499 g/mol. The third-order valence-electron chi connectivity index (χ3n) is 5.68. The second-order valence-electron chi connectivity index (χ2n) is 8.74. The van der Waals surface area contributed by atoms with Crippen LogP contribution in [0.15, 0.2) is 0 Å². The molecule has 0 rings (SSSR count). The third-order valence-corrected chi connectivity index (χ3v) is 7.43. The molecule has 32 heavy (non-hydrogen) atoms. The van der Waals surface area contributed by atoms with Gasteiger partial charge in [0.05, 0.1) is 0 Å². The van der Waals surface area contributed by atoms with Gasteiger partial charge in [-0.05, 0) is 12.8 Å². The van der Waals surface area contributed by atoms with Crippen LogP contribution in [-0.2, 0) is 18.7 Å². The Labute approximate surface area is 193 Å². The van der Waals surface area contributed by atoms with Crippen molar-refractivity contribution in [1.29, 1.82) is 0 Å². The molecule has 0 heterocycles. The predicted octanol–water partition coefficient (Wildman–Crippen LogP) is 6.20. The molecule has 0 fully saturated rings. The number of carbonyl (C=O) groups excluding carboxylic acids is 2. The number of carbonyl (C=O) groups is 2. The minimum atomic E-state index is -4.53. The molecule has 0 aromatic carbocycles. The van der Waals surface area contributed by atoms with Crippen LogP contribution in [-0.4, -0.2) is 30.6 Å². The van der Waals surface area contributed by atoms with Crippen LogP contribution in [0.1, 0.15) is 128 Å². The molecule has 10 heteroatoms. The van der Waals surface area contributed by atoms with Crippen molar-refractivity contribution < 1.29 is 38.3 Å². The van der Waals surface area contributed by atoms with E-state index in [2.05, 4.69) is 0 Å². The van der Waals surface area contributed by atoms with Gasteiger partial charge in [0.1, 0.15) is 0 Å². The Hall–Kier alpha value is -0.360. The number of hydrogen-bond acceptors (Lipinski definition) is 4. The van der Waals surface area contributed by atoms with Crippen LogP contribution in [0.5, 0.6) is 0 Å². The highest BCUT2D eigenvalue weighted by Gasteiger charge is 2.24. The van der Waals surface area contributed by atoms with Crippen LogP contribution >= 0.6 is 15.2 Å². The largest absolute Gasteiger partial charge is 0.391 e. The first kappa shape index (κ1) is 31.6. The smallest absolute Gasteiger partial charge is 0.319 e. The lowest BCUT2D eigenvalue weighted by Gasteiger charge is -2.05. The second-order valence-corrected chi connectivity index (χ2v) is 11.9. The lowest BCUT2D eigenvalue weighted by Crippen LogP contribution is -1.98.